The number of hydrogen-bond acceptors (Lipinski definition) is 2. The predicted octanol–water partition coefficient (Wildman–Crippen LogP) is 5.33. The van der Waals surface area contributed by atoms with Crippen molar-refractivity contribution in [3.8, 4) is 5.75 Å². The van der Waals surface area contributed by atoms with Crippen molar-refractivity contribution in [3.05, 3.63) is 58.1 Å². The molecule has 2 aromatic rings. The second-order valence-electron chi connectivity index (χ2n) is 4.83. The first-order valence-electron chi connectivity index (χ1n) is 6.81. The van der Waals surface area contributed by atoms with Crippen molar-refractivity contribution in [1.82, 2.24) is 0 Å². The van der Waals surface area contributed by atoms with Gasteiger partial charge in [-0.05, 0) is 53.0 Å². The largest absolute Gasteiger partial charge is 0.496 e. The van der Waals surface area contributed by atoms with Gasteiger partial charge in [-0.25, -0.2) is 0 Å². The van der Waals surface area contributed by atoms with E-state index in [0.717, 1.165) is 22.3 Å². The zero-order chi connectivity index (χ0) is 14.5. The molecule has 0 fully saturated rings. The second kappa shape index (κ2) is 6.80. The lowest BCUT2D eigenvalue weighted by molar-refractivity contribution is 0.406. The minimum Gasteiger partial charge on any atom is -0.496 e. The molecule has 106 valence electrons. The fourth-order valence-corrected chi connectivity index (χ4v) is 2.65. The van der Waals surface area contributed by atoms with E-state index in [4.69, 9.17) is 4.74 Å². The lowest BCUT2D eigenvalue weighted by Gasteiger charge is -2.22. The molecule has 0 saturated carbocycles. The lowest BCUT2D eigenvalue weighted by atomic mass is 10.0. The lowest BCUT2D eigenvalue weighted by Crippen LogP contribution is -2.11. The van der Waals surface area contributed by atoms with Crippen LogP contribution >= 0.6 is 15.9 Å². The summed E-state index contributed by atoms with van der Waals surface area (Å²) in [6.45, 7) is 4.27. The Balaban J connectivity index is 2.31. The van der Waals surface area contributed by atoms with Crippen molar-refractivity contribution >= 4 is 21.6 Å². The Bertz CT molecular complexity index is 583. The van der Waals surface area contributed by atoms with Crippen LogP contribution in [0, 0.1) is 6.92 Å². The molecule has 2 rings (SSSR count). The first-order chi connectivity index (χ1) is 9.65. The molecule has 1 atom stereocenters. The summed E-state index contributed by atoms with van der Waals surface area (Å²) in [7, 11) is 1.72. The molecule has 0 saturated heterocycles. The zero-order valence-electron chi connectivity index (χ0n) is 12.1. The van der Waals surface area contributed by atoms with Gasteiger partial charge in [-0.2, -0.15) is 0 Å². The highest BCUT2D eigenvalue weighted by atomic mass is 79.9. The van der Waals surface area contributed by atoms with Crippen LogP contribution in [0.2, 0.25) is 0 Å². The first-order valence-corrected chi connectivity index (χ1v) is 7.60. The van der Waals surface area contributed by atoms with E-state index in [0.29, 0.717) is 0 Å². The molecule has 3 heteroatoms. The fraction of sp³-hybridized carbons (Fsp3) is 0.294. The standard InChI is InChI=1S/C17H20BrNO/c1-4-15(13-7-5-6-8-17(13)20-3)19-16-11-12(2)9-10-14(16)18/h5-11,15,19H,4H2,1-3H3. The third-order valence-electron chi connectivity index (χ3n) is 3.37. The van der Waals surface area contributed by atoms with E-state index < -0.39 is 0 Å². The predicted molar refractivity (Wildman–Crippen MR) is 88.5 cm³/mol. The third kappa shape index (κ3) is 3.34. The highest BCUT2D eigenvalue weighted by Gasteiger charge is 2.14. The Labute approximate surface area is 129 Å². The molecule has 0 amide bonds. The summed E-state index contributed by atoms with van der Waals surface area (Å²) in [5.41, 5.74) is 3.54. The average Bonchev–Trinajstić information content (AvgIpc) is 2.48. The average molecular weight is 334 g/mol. The second-order valence-corrected chi connectivity index (χ2v) is 5.68. The maximum absolute atomic E-state index is 5.47. The molecule has 2 aromatic carbocycles. The maximum Gasteiger partial charge on any atom is 0.124 e. The molecular weight excluding hydrogens is 314 g/mol. The summed E-state index contributed by atoms with van der Waals surface area (Å²) in [6, 6.07) is 14.7. The number of methoxy groups -OCH3 is 1. The van der Waals surface area contributed by atoms with E-state index in [9.17, 15) is 0 Å². The number of nitrogens with one attached hydrogen (secondary N) is 1. The van der Waals surface area contributed by atoms with Crippen LogP contribution < -0.4 is 10.1 Å². The minimum atomic E-state index is 0.226. The molecule has 1 N–H and O–H groups in total. The maximum atomic E-state index is 5.47. The van der Waals surface area contributed by atoms with Crippen molar-refractivity contribution in [1.29, 1.82) is 0 Å². The van der Waals surface area contributed by atoms with E-state index in [1.54, 1.807) is 7.11 Å². The van der Waals surface area contributed by atoms with Crippen LogP contribution in [-0.2, 0) is 0 Å². The van der Waals surface area contributed by atoms with Crippen molar-refractivity contribution < 1.29 is 4.74 Å². The number of aryl methyl sites for hydroxylation is 1. The summed E-state index contributed by atoms with van der Waals surface area (Å²) in [5.74, 6) is 0.927. The molecule has 0 aliphatic carbocycles. The van der Waals surface area contributed by atoms with Crippen LogP contribution in [0.3, 0.4) is 0 Å². The monoisotopic (exact) mass is 333 g/mol. The number of rotatable bonds is 5. The fourth-order valence-electron chi connectivity index (χ4n) is 2.29. The van der Waals surface area contributed by atoms with Gasteiger partial charge in [0.15, 0.2) is 0 Å². The summed E-state index contributed by atoms with van der Waals surface area (Å²) in [4.78, 5) is 0. The Morgan fingerprint density at radius 3 is 2.65 bits per heavy atom. The van der Waals surface area contributed by atoms with Crippen LogP contribution in [0.25, 0.3) is 0 Å². The normalized spacial score (nSPS) is 12.0. The van der Waals surface area contributed by atoms with Gasteiger partial charge in [0.05, 0.1) is 13.2 Å². The van der Waals surface area contributed by atoms with Gasteiger partial charge in [0.1, 0.15) is 5.75 Å². The summed E-state index contributed by atoms with van der Waals surface area (Å²) < 4.78 is 6.55. The van der Waals surface area contributed by atoms with Gasteiger partial charge >= 0.3 is 0 Å². The molecule has 0 aromatic heterocycles. The smallest absolute Gasteiger partial charge is 0.124 e. The van der Waals surface area contributed by atoms with Gasteiger partial charge in [0.2, 0.25) is 0 Å². The van der Waals surface area contributed by atoms with Crippen LogP contribution in [0.5, 0.6) is 5.75 Å². The van der Waals surface area contributed by atoms with Gasteiger partial charge in [-0.1, -0.05) is 31.2 Å². The Kier molecular flexibility index (Phi) is 5.07. The number of benzene rings is 2. The number of para-hydroxylation sites is 1. The summed E-state index contributed by atoms with van der Waals surface area (Å²) in [5, 5.41) is 3.60. The van der Waals surface area contributed by atoms with Gasteiger partial charge in [-0.15, -0.1) is 0 Å². The molecule has 20 heavy (non-hydrogen) atoms. The highest BCUT2D eigenvalue weighted by molar-refractivity contribution is 9.10. The van der Waals surface area contributed by atoms with Crippen molar-refractivity contribution in [2.24, 2.45) is 0 Å². The molecule has 2 nitrogen and oxygen atoms in total. The van der Waals surface area contributed by atoms with Crippen LogP contribution in [0.4, 0.5) is 5.69 Å². The van der Waals surface area contributed by atoms with Crippen LogP contribution in [0.15, 0.2) is 46.9 Å². The number of ether oxygens (including phenoxy) is 1. The topological polar surface area (TPSA) is 21.3 Å². The quantitative estimate of drug-likeness (QED) is 0.798. The zero-order valence-corrected chi connectivity index (χ0v) is 13.7. The van der Waals surface area contributed by atoms with Crippen molar-refractivity contribution in [3.63, 3.8) is 0 Å². The van der Waals surface area contributed by atoms with Crippen molar-refractivity contribution in [2.45, 2.75) is 26.3 Å². The molecule has 0 heterocycles. The Hall–Kier alpha value is -1.48. The first kappa shape index (κ1) is 14.9. The summed E-state index contributed by atoms with van der Waals surface area (Å²) >= 11 is 3.60. The van der Waals surface area contributed by atoms with E-state index in [1.165, 1.54) is 11.1 Å². The van der Waals surface area contributed by atoms with Gasteiger partial charge in [0.25, 0.3) is 0 Å². The van der Waals surface area contributed by atoms with Gasteiger partial charge < -0.3 is 10.1 Å². The third-order valence-corrected chi connectivity index (χ3v) is 4.07. The van der Waals surface area contributed by atoms with E-state index >= 15 is 0 Å². The van der Waals surface area contributed by atoms with E-state index in [2.05, 4.69) is 59.4 Å². The molecule has 0 aliphatic heterocycles. The molecule has 0 spiro atoms. The Morgan fingerprint density at radius 1 is 1.20 bits per heavy atom. The number of halogens is 1. The van der Waals surface area contributed by atoms with Gasteiger partial charge in [-0.3, -0.25) is 0 Å². The molecule has 1 unspecified atom stereocenters. The van der Waals surface area contributed by atoms with Crippen LogP contribution in [-0.4, -0.2) is 7.11 Å². The van der Waals surface area contributed by atoms with E-state index in [1.807, 2.05) is 18.2 Å². The van der Waals surface area contributed by atoms with Crippen LogP contribution in [0.1, 0.15) is 30.5 Å². The van der Waals surface area contributed by atoms with Crippen molar-refractivity contribution in [2.75, 3.05) is 12.4 Å². The SMILES string of the molecule is CCC(Nc1cc(C)ccc1Br)c1ccccc1OC. The molecule has 0 bridgehead atoms. The molecular formula is C17H20BrNO. The molecule has 0 radical (unpaired) electrons. The number of hydrogen-bond donors (Lipinski definition) is 1. The van der Waals surface area contributed by atoms with E-state index in [-0.39, 0.29) is 6.04 Å². The van der Waals surface area contributed by atoms with Gasteiger partial charge in [0, 0.05) is 15.7 Å². The summed E-state index contributed by atoms with van der Waals surface area (Å²) in [6.07, 6.45) is 0.987. The highest BCUT2D eigenvalue weighted by Crippen LogP contribution is 2.32. The Morgan fingerprint density at radius 2 is 1.95 bits per heavy atom. The molecule has 0 aliphatic rings. The minimum absolute atomic E-state index is 0.226. The number of anilines is 1.